The highest BCUT2D eigenvalue weighted by atomic mass is 16.4. The van der Waals surface area contributed by atoms with Gasteiger partial charge >= 0.3 is 5.97 Å². The molecule has 4 aliphatic carbocycles. The molecule has 22 heavy (non-hydrogen) atoms. The maximum absolute atomic E-state index is 11.2. The van der Waals surface area contributed by atoms with Crippen molar-refractivity contribution in [2.24, 2.45) is 47.3 Å². The monoisotopic (exact) mass is 304 g/mol. The van der Waals surface area contributed by atoms with Crippen LogP contribution >= 0.6 is 0 Å². The first-order chi connectivity index (χ1) is 10.6. The molecule has 4 rings (SSSR count). The fourth-order valence-corrected chi connectivity index (χ4v) is 7.38. The summed E-state index contributed by atoms with van der Waals surface area (Å²) in [6, 6.07) is 0. The first-order valence-electron chi connectivity index (χ1n) is 9.83. The molecule has 4 saturated carbocycles. The summed E-state index contributed by atoms with van der Waals surface area (Å²) in [6.07, 6.45) is 13.0. The maximum atomic E-state index is 11.2. The summed E-state index contributed by atoms with van der Waals surface area (Å²) in [6.45, 7) is 2.44. The van der Waals surface area contributed by atoms with Crippen LogP contribution < -0.4 is 0 Å². The normalized spacial score (nSPS) is 50.8. The van der Waals surface area contributed by atoms with Crippen LogP contribution in [0.4, 0.5) is 0 Å². The van der Waals surface area contributed by atoms with E-state index in [0.717, 1.165) is 41.4 Å². The smallest absolute Gasteiger partial charge is 0.303 e. The van der Waals surface area contributed by atoms with E-state index in [9.17, 15) is 9.90 Å². The van der Waals surface area contributed by atoms with Gasteiger partial charge in [0.05, 0.1) is 0 Å². The fraction of sp³-hybridized carbons (Fsp3) is 0.950. The molecular formula is C20H32O2. The Morgan fingerprint density at radius 2 is 1.73 bits per heavy atom. The zero-order valence-corrected chi connectivity index (χ0v) is 14.0. The molecule has 8 unspecified atom stereocenters. The molecule has 124 valence electrons. The Balaban J connectivity index is 1.55. The maximum Gasteiger partial charge on any atom is 0.303 e. The molecule has 0 aromatic rings. The third kappa shape index (κ3) is 2.61. The van der Waals surface area contributed by atoms with E-state index in [2.05, 4.69) is 6.92 Å². The lowest BCUT2D eigenvalue weighted by molar-refractivity contribution is -0.140. The molecule has 0 aromatic heterocycles. The summed E-state index contributed by atoms with van der Waals surface area (Å²) >= 11 is 0. The Morgan fingerprint density at radius 1 is 0.909 bits per heavy atom. The molecule has 0 aromatic carbocycles. The third-order valence-corrected chi connectivity index (χ3v) is 7.89. The van der Waals surface area contributed by atoms with E-state index < -0.39 is 5.97 Å². The van der Waals surface area contributed by atoms with Crippen molar-refractivity contribution >= 4 is 5.97 Å². The number of aliphatic carboxylic acids is 1. The molecule has 2 nitrogen and oxygen atoms in total. The summed E-state index contributed by atoms with van der Waals surface area (Å²) < 4.78 is 0. The molecule has 0 aliphatic heterocycles. The predicted molar refractivity (Wildman–Crippen MR) is 87.4 cm³/mol. The SMILES string of the molecule is CC1CCC2C(C1)CC1CC(CC(=O)O)CC3CCCC2C31. The molecule has 0 spiro atoms. The Bertz CT molecular complexity index is 431. The number of carboxylic acid groups (broad SMARTS) is 1. The number of hydrogen-bond donors (Lipinski definition) is 1. The first-order valence-corrected chi connectivity index (χ1v) is 9.83. The van der Waals surface area contributed by atoms with Gasteiger partial charge < -0.3 is 5.11 Å². The molecule has 4 aliphatic rings. The van der Waals surface area contributed by atoms with Crippen LogP contribution in [0, 0.1) is 47.3 Å². The van der Waals surface area contributed by atoms with Gasteiger partial charge in [-0.1, -0.05) is 26.2 Å². The van der Waals surface area contributed by atoms with Crippen molar-refractivity contribution < 1.29 is 9.90 Å². The highest BCUT2D eigenvalue weighted by Gasteiger charge is 2.52. The molecule has 0 saturated heterocycles. The van der Waals surface area contributed by atoms with E-state index in [1.807, 2.05) is 0 Å². The minimum absolute atomic E-state index is 0.425. The zero-order valence-electron chi connectivity index (χ0n) is 14.0. The Labute approximate surface area is 135 Å². The minimum Gasteiger partial charge on any atom is -0.481 e. The number of carbonyl (C=O) groups is 1. The molecule has 1 N–H and O–H groups in total. The lowest BCUT2D eigenvalue weighted by Crippen LogP contribution is -2.50. The second-order valence-corrected chi connectivity index (χ2v) is 9.21. The average Bonchev–Trinajstić information content (AvgIpc) is 2.46. The lowest BCUT2D eigenvalue weighted by atomic mass is 9.47. The van der Waals surface area contributed by atoms with Crippen molar-refractivity contribution in [2.75, 3.05) is 0 Å². The second kappa shape index (κ2) is 5.83. The van der Waals surface area contributed by atoms with Crippen LogP contribution in [0.15, 0.2) is 0 Å². The highest BCUT2D eigenvalue weighted by molar-refractivity contribution is 5.67. The predicted octanol–water partition coefficient (Wildman–Crippen LogP) is 4.98. The van der Waals surface area contributed by atoms with E-state index in [1.54, 1.807) is 0 Å². The molecule has 4 fully saturated rings. The van der Waals surface area contributed by atoms with Crippen LogP contribution in [0.5, 0.6) is 0 Å². The largest absolute Gasteiger partial charge is 0.481 e. The van der Waals surface area contributed by atoms with Gasteiger partial charge in [0.25, 0.3) is 0 Å². The first kappa shape index (κ1) is 15.0. The molecule has 0 heterocycles. The van der Waals surface area contributed by atoms with Gasteiger partial charge in [0, 0.05) is 6.42 Å². The van der Waals surface area contributed by atoms with Crippen LogP contribution in [0.25, 0.3) is 0 Å². The van der Waals surface area contributed by atoms with Crippen LogP contribution in [-0.2, 0) is 4.79 Å². The van der Waals surface area contributed by atoms with E-state index in [0.29, 0.717) is 12.3 Å². The number of carboxylic acids is 1. The topological polar surface area (TPSA) is 37.3 Å². The van der Waals surface area contributed by atoms with Crippen LogP contribution in [0.3, 0.4) is 0 Å². The Morgan fingerprint density at radius 3 is 2.55 bits per heavy atom. The number of hydrogen-bond acceptors (Lipinski definition) is 1. The second-order valence-electron chi connectivity index (χ2n) is 9.21. The van der Waals surface area contributed by atoms with Crippen molar-refractivity contribution in [2.45, 2.75) is 71.1 Å². The Kier molecular flexibility index (Phi) is 3.98. The lowest BCUT2D eigenvalue weighted by Gasteiger charge is -2.58. The van der Waals surface area contributed by atoms with Gasteiger partial charge in [-0.3, -0.25) is 4.79 Å². The highest BCUT2D eigenvalue weighted by Crippen LogP contribution is 2.60. The summed E-state index contributed by atoms with van der Waals surface area (Å²) in [5.41, 5.74) is 0. The molecule has 2 heteroatoms. The molecule has 8 atom stereocenters. The van der Waals surface area contributed by atoms with Gasteiger partial charge in [-0.15, -0.1) is 0 Å². The van der Waals surface area contributed by atoms with Crippen LogP contribution in [-0.4, -0.2) is 11.1 Å². The van der Waals surface area contributed by atoms with Crippen molar-refractivity contribution in [3.8, 4) is 0 Å². The van der Waals surface area contributed by atoms with Gasteiger partial charge in [-0.2, -0.15) is 0 Å². The van der Waals surface area contributed by atoms with Crippen molar-refractivity contribution in [3.63, 3.8) is 0 Å². The Hall–Kier alpha value is -0.530. The summed E-state index contributed by atoms with van der Waals surface area (Å²) in [7, 11) is 0. The van der Waals surface area contributed by atoms with Crippen molar-refractivity contribution in [3.05, 3.63) is 0 Å². The summed E-state index contributed by atoms with van der Waals surface area (Å²) in [5.74, 6) is 6.51. The van der Waals surface area contributed by atoms with E-state index in [1.165, 1.54) is 57.8 Å². The zero-order chi connectivity index (χ0) is 15.3. The molecular weight excluding hydrogens is 272 g/mol. The number of rotatable bonds is 2. The van der Waals surface area contributed by atoms with Gasteiger partial charge in [-0.05, 0) is 85.9 Å². The van der Waals surface area contributed by atoms with E-state index in [4.69, 9.17) is 0 Å². The molecule has 0 radical (unpaired) electrons. The van der Waals surface area contributed by atoms with Gasteiger partial charge in [0.1, 0.15) is 0 Å². The standard InChI is InChI=1S/C20H32O2/c1-12-5-6-17-15(7-12)11-16-9-13(10-19(21)22)8-14-3-2-4-18(17)20(14)16/h12-18,20H,2-11H2,1H3,(H,21,22). The summed E-state index contributed by atoms with van der Waals surface area (Å²) in [4.78, 5) is 11.2. The van der Waals surface area contributed by atoms with Gasteiger partial charge in [0.2, 0.25) is 0 Å². The molecule has 0 bridgehead atoms. The number of fused-ring (bicyclic) bond motifs is 2. The van der Waals surface area contributed by atoms with Gasteiger partial charge in [0.15, 0.2) is 0 Å². The van der Waals surface area contributed by atoms with E-state index >= 15 is 0 Å². The fourth-order valence-electron chi connectivity index (χ4n) is 7.38. The van der Waals surface area contributed by atoms with E-state index in [-0.39, 0.29) is 0 Å². The average molecular weight is 304 g/mol. The van der Waals surface area contributed by atoms with Crippen molar-refractivity contribution in [1.29, 1.82) is 0 Å². The van der Waals surface area contributed by atoms with Crippen molar-refractivity contribution in [1.82, 2.24) is 0 Å². The summed E-state index contributed by atoms with van der Waals surface area (Å²) in [5, 5.41) is 9.21. The van der Waals surface area contributed by atoms with Crippen LogP contribution in [0.1, 0.15) is 71.1 Å². The van der Waals surface area contributed by atoms with Crippen LogP contribution in [0.2, 0.25) is 0 Å². The molecule has 0 amide bonds. The quantitative estimate of drug-likeness (QED) is 0.781. The minimum atomic E-state index is -0.573. The van der Waals surface area contributed by atoms with Gasteiger partial charge in [-0.25, -0.2) is 0 Å². The third-order valence-electron chi connectivity index (χ3n) is 7.89.